The summed E-state index contributed by atoms with van der Waals surface area (Å²) < 4.78 is 36.2. The van der Waals surface area contributed by atoms with Crippen LogP contribution in [0.5, 0.6) is 5.75 Å². The van der Waals surface area contributed by atoms with Gasteiger partial charge in [-0.3, -0.25) is 0 Å². The molecule has 0 N–H and O–H groups in total. The zero-order chi connectivity index (χ0) is 23.7. The van der Waals surface area contributed by atoms with Crippen LogP contribution in [-0.4, -0.2) is 9.55 Å². The van der Waals surface area contributed by atoms with Crippen molar-refractivity contribution >= 4 is 34.2 Å². The van der Waals surface area contributed by atoms with Crippen LogP contribution in [0.3, 0.4) is 0 Å². The molecule has 1 heterocycles. The Kier molecular flexibility index (Phi) is 6.22. The first-order valence-corrected chi connectivity index (χ1v) is 11.3. The Balaban J connectivity index is 1.64. The van der Waals surface area contributed by atoms with E-state index in [4.69, 9.17) is 27.9 Å². The molecule has 0 atom stereocenters. The van der Waals surface area contributed by atoms with Crippen LogP contribution in [0.25, 0.3) is 22.4 Å². The Bertz CT molecular complexity index is 1490. The van der Waals surface area contributed by atoms with Gasteiger partial charge in [0.05, 0.1) is 16.6 Å². The molecule has 0 spiro atoms. The third-order valence-electron chi connectivity index (χ3n) is 5.44. The summed E-state index contributed by atoms with van der Waals surface area (Å²) in [5, 5.41) is 1.08. The second kappa shape index (κ2) is 9.45. The van der Waals surface area contributed by atoms with Gasteiger partial charge in [-0.1, -0.05) is 65.7 Å². The quantitative estimate of drug-likeness (QED) is 0.239. The van der Waals surface area contributed by atoms with Gasteiger partial charge in [-0.15, -0.1) is 0 Å². The highest BCUT2D eigenvalue weighted by molar-refractivity contribution is 6.31. The molecule has 0 unspecified atom stereocenters. The van der Waals surface area contributed by atoms with E-state index in [1.165, 1.54) is 0 Å². The van der Waals surface area contributed by atoms with Gasteiger partial charge in [-0.25, -0.2) is 13.8 Å². The van der Waals surface area contributed by atoms with Gasteiger partial charge in [-0.2, -0.15) is 0 Å². The minimum Gasteiger partial charge on any atom is -0.488 e. The van der Waals surface area contributed by atoms with Gasteiger partial charge in [0.2, 0.25) is 0 Å². The summed E-state index contributed by atoms with van der Waals surface area (Å²) in [6.07, 6.45) is 0. The fourth-order valence-electron chi connectivity index (χ4n) is 3.84. The summed E-state index contributed by atoms with van der Waals surface area (Å²) in [5.41, 5.74) is 3.32. The molecule has 0 saturated heterocycles. The van der Waals surface area contributed by atoms with Gasteiger partial charge >= 0.3 is 0 Å². The van der Waals surface area contributed by atoms with Gasteiger partial charge in [0.15, 0.2) is 11.6 Å². The average molecular weight is 495 g/mol. The van der Waals surface area contributed by atoms with E-state index < -0.39 is 11.6 Å². The van der Waals surface area contributed by atoms with Gasteiger partial charge in [-0.05, 0) is 41.5 Å². The molecule has 0 radical (unpaired) electrons. The van der Waals surface area contributed by atoms with Gasteiger partial charge in [0.1, 0.15) is 18.2 Å². The Hall–Kier alpha value is -3.41. The van der Waals surface area contributed by atoms with Crippen LogP contribution in [0.1, 0.15) is 11.1 Å². The maximum absolute atomic E-state index is 14.2. The summed E-state index contributed by atoms with van der Waals surface area (Å²) in [6.45, 7) is 0.671. The third-order valence-corrected chi connectivity index (χ3v) is 5.91. The summed E-state index contributed by atoms with van der Waals surface area (Å²) in [5.74, 6) is -0.884. The highest BCUT2D eigenvalue weighted by Crippen LogP contribution is 2.35. The molecule has 170 valence electrons. The van der Waals surface area contributed by atoms with E-state index in [-0.39, 0.29) is 0 Å². The fraction of sp³-hybridized carbons (Fsp3) is 0.0741. The lowest BCUT2D eigenvalue weighted by molar-refractivity contribution is 0.307. The number of hydrogen-bond donors (Lipinski definition) is 0. The van der Waals surface area contributed by atoms with Crippen LogP contribution in [0.2, 0.25) is 10.0 Å². The SMILES string of the molecule is Fc1cc2nc(-c3ccc(Cl)cc3OCc3ccccc3)n(Cc3cccc(Cl)c3)c2cc1F. The van der Waals surface area contributed by atoms with Crippen molar-refractivity contribution in [2.24, 2.45) is 0 Å². The number of benzene rings is 4. The second-order valence-corrected chi connectivity index (χ2v) is 8.69. The van der Waals surface area contributed by atoms with Crippen molar-refractivity contribution in [3.63, 3.8) is 0 Å². The maximum Gasteiger partial charge on any atom is 0.161 e. The van der Waals surface area contributed by atoms with Crippen LogP contribution in [0.4, 0.5) is 8.78 Å². The minimum absolute atomic E-state index is 0.325. The summed E-state index contributed by atoms with van der Waals surface area (Å²) >= 11 is 12.5. The van der Waals surface area contributed by atoms with Crippen molar-refractivity contribution in [2.75, 3.05) is 0 Å². The summed E-state index contributed by atoms with van der Waals surface area (Å²) in [6, 6.07) is 24.6. The number of ether oxygens (including phenoxy) is 1. The molecular formula is C27H18Cl2F2N2O. The highest BCUT2D eigenvalue weighted by atomic mass is 35.5. The molecule has 0 aliphatic heterocycles. The first kappa shape index (κ1) is 22.4. The standard InChI is InChI=1S/C27H18Cl2F2N2O/c28-19-8-4-7-18(11-19)15-33-25-14-23(31)22(30)13-24(25)32-27(33)21-10-9-20(29)12-26(21)34-16-17-5-2-1-3-6-17/h1-14H,15-16H2. The lowest BCUT2D eigenvalue weighted by Crippen LogP contribution is -2.04. The number of nitrogens with zero attached hydrogens (tertiary/aromatic N) is 2. The van der Waals surface area contributed by atoms with Crippen LogP contribution in [0, 0.1) is 11.6 Å². The molecule has 34 heavy (non-hydrogen) atoms. The first-order chi connectivity index (χ1) is 16.5. The Morgan fingerprint density at radius 1 is 0.765 bits per heavy atom. The topological polar surface area (TPSA) is 27.1 Å². The molecule has 0 aliphatic rings. The van der Waals surface area contributed by atoms with Crippen molar-refractivity contribution in [3.05, 3.63) is 118 Å². The Labute approximate surface area is 205 Å². The maximum atomic E-state index is 14.2. The van der Waals surface area contributed by atoms with E-state index in [0.717, 1.165) is 23.3 Å². The van der Waals surface area contributed by atoms with Crippen LogP contribution < -0.4 is 4.74 Å². The number of rotatable bonds is 6. The number of fused-ring (bicyclic) bond motifs is 1. The smallest absolute Gasteiger partial charge is 0.161 e. The summed E-state index contributed by atoms with van der Waals surface area (Å²) in [7, 11) is 0. The minimum atomic E-state index is -0.955. The molecule has 3 nitrogen and oxygen atoms in total. The average Bonchev–Trinajstić information content (AvgIpc) is 3.15. The lowest BCUT2D eigenvalue weighted by atomic mass is 10.1. The van der Waals surface area contributed by atoms with E-state index in [1.54, 1.807) is 24.3 Å². The number of aromatic nitrogens is 2. The molecule has 0 aliphatic carbocycles. The van der Waals surface area contributed by atoms with Crippen molar-refractivity contribution in [1.29, 1.82) is 0 Å². The van der Waals surface area contributed by atoms with E-state index in [9.17, 15) is 8.78 Å². The molecule has 7 heteroatoms. The molecule has 0 saturated carbocycles. The zero-order valence-corrected chi connectivity index (χ0v) is 19.3. The predicted molar refractivity (Wildman–Crippen MR) is 131 cm³/mol. The number of halogens is 4. The van der Waals surface area contributed by atoms with Crippen molar-refractivity contribution in [2.45, 2.75) is 13.2 Å². The van der Waals surface area contributed by atoms with Crippen LogP contribution in [0.15, 0.2) is 84.9 Å². The second-order valence-electron chi connectivity index (χ2n) is 7.82. The van der Waals surface area contributed by atoms with E-state index in [0.29, 0.717) is 51.4 Å². The van der Waals surface area contributed by atoms with E-state index in [2.05, 4.69) is 4.98 Å². The Morgan fingerprint density at radius 3 is 2.29 bits per heavy atom. The monoisotopic (exact) mass is 494 g/mol. The van der Waals surface area contributed by atoms with Crippen LogP contribution >= 0.6 is 23.2 Å². The fourth-order valence-corrected chi connectivity index (χ4v) is 4.21. The van der Waals surface area contributed by atoms with E-state index in [1.807, 2.05) is 53.1 Å². The van der Waals surface area contributed by atoms with Crippen LogP contribution in [-0.2, 0) is 13.2 Å². The van der Waals surface area contributed by atoms with Gasteiger partial charge in [0.25, 0.3) is 0 Å². The van der Waals surface area contributed by atoms with Crippen molar-refractivity contribution in [3.8, 4) is 17.1 Å². The molecular weight excluding hydrogens is 477 g/mol. The highest BCUT2D eigenvalue weighted by Gasteiger charge is 2.19. The molecule has 0 fully saturated rings. The molecule has 0 bridgehead atoms. The van der Waals surface area contributed by atoms with E-state index >= 15 is 0 Å². The zero-order valence-electron chi connectivity index (χ0n) is 17.8. The van der Waals surface area contributed by atoms with Gasteiger partial charge in [0, 0.05) is 28.7 Å². The molecule has 0 amide bonds. The third kappa shape index (κ3) is 4.63. The largest absolute Gasteiger partial charge is 0.488 e. The molecule has 5 aromatic rings. The van der Waals surface area contributed by atoms with Crippen molar-refractivity contribution < 1.29 is 13.5 Å². The van der Waals surface area contributed by atoms with Gasteiger partial charge < -0.3 is 9.30 Å². The number of imidazole rings is 1. The number of hydrogen-bond acceptors (Lipinski definition) is 2. The molecule has 4 aromatic carbocycles. The summed E-state index contributed by atoms with van der Waals surface area (Å²) in [4.78, 5) is 4.65. The Morgan fingerprint density at radius 2 is 1.50 bits per heavy atom. The first-order valence-electron chi connectivity index (χ1n) is 10.5. The van der Waals surface area contributed by atoms with Crippen molar-refractivity contribution in [1.82, 2.24) is 9.55 Å². The predicted octanol–water partition coefficient (Wildman–Crippen LogP) is 7.92. The normalized spacial score (nSPS) is 11.2. The molecule has 1 aromatic heterocycles. The molecule has 5 rings (SSSR count). The lowest BCUT2D eigenvalue weighted by Gasteiger charge is -2.15.